The Kier molecular flexibility index (Phi) is 10.4. The number of hydrogen-bond donors (Lipinski definition) is 2. The zero-order valence-electron chi connectivity index (χ0n) is 38.6. The van der Waals surface area contributed by atoms with Gasteiger partial charge in [-0.2, -0.15) is 0 Å². The molecule has 58 heavy (non-hydrogen) atoms. The van der Waals surface area contributed by atoms with Crippen molar-refractivity contribution in [1.82, 2.24) is 13.9 Å². The summed E-state index contributed by atoms with van der Waals surface area (Å²) >= 11 is 0. The first-order valence-electron chi connectivity index (χ1n) is 22.5. The Bertz CT molecular complexity index is 2040. The predicted octanol–water partition coefficient (Wildman–Crippen LogP) is 9.35. The van der Waals surface area contributed by atoms with Gasteiger partial charge in [0.05, 0.1) is 34.6 Å². The molecule has 1 aromatic carbocycles. The van der Waals surface area contributed by atoms with Crippen LogP contribution in [0, 0.1) is 34.5 Å². The van der Waals surface area contributed by atoms with Crippen molar-refractivity contribution in [3.05, 3.63) is 63.5 Å². The predicted molar refractivity (Wildman–Crippen MR) is 239 cm³/mol. The van der Waals surface area contributed by atoms with E-state index in [1.165, 1.54) is 4.57 Å². The zero-order chi connectivity index (χ0) is 43.0. The molecule has 2 N–H and O–H groups in total. The molecule has 4 aliphatic carbocycles. The van der Waals surface area contributed by atoms with Gasteiger partial charge in [0.25, 0.3) is 0 Å². The van der Waals surface area contributed by atoms with Crippen molar-refractivity contribution in [3.63, 3.8) is 0 Å². The summed E-state index contributed by atoms with van der Waals surface area (Å²) in [5.74, 6) is 0.334. The lowest BCUT2D eigenvalue weighted by molar-refractivity contribution is -0.235. The number of aromatic nitrogens is 3. The lowest BCUT2D eigenvalue weighted by Crippen LogP contribution is -2.79. The molecule has 1 aromatic heterocycles. The molecule has 9 nitrogen and oxygen atoms in total. The molecule has 2 aromatic rings. The highest BCUT2D eigenvalue weighted by molar-refractivity contribution is 6.74. The van der Waals surface area contributed by atoms with Crippen LogP contribution in [0.25, 0.3) is 5.69 Å². The number of allylic oxidation sites excluding steroid dienone is 2. The summed E-state index contributed by atoms with van der Waals surface area (Å²) in [5.41, 5.74) is -3.23. The molecule has 0 unspecified atom stereocenters. The van der Waals surface area contributed by atoms with Crippen LogP contribution in [-0.2, 0) is 19.9 Å². The lowest BCUT2D eigenvalue weighted by Gasteiger charge is -2.72. The van der Waals surface area contributed by atoms with E-state index in [2.05, 4.69) is 101 Å². The fourth-order valence-electron chi connectivity index (χ4n) is 13.0. The minimum atomic E-state index is -2.16. The quantitative estimate of drug-likeness (QED) is 0.183. The SMILES string of the molecule is C[C@H](CC[C@@H](O)C(C)(C)O[Si](C)(C)C(C)(C)C)[C@H]1CC[C@@H]2[C@]1(C)C[C@@H](O)[C@H]1[C@]23C=C[C@]2(C[C@@H](O[Si](C)(C)C(C)(C)C)CC[C@]12C)n1c(=O)n(-c2ccccc2)c(=O)n13. The number of rotatable bonds is 10. The van der Waals surface area contributed by atoms with Gasteiger partial charge in [-0.1, -0.05) is 92.7 Å². The van der Waals surface area contributed by atoms with E-state index < -0.39 is 50.9 Å². The second-order valence-corrected chi connectivity index (χ2v) is 33.2. The minimum Gasteiger partial charge on any atom is -0.414 e. The van der Waals surface area contributed by atoms with E-state index in [1.807, 2.05) is 53.5 Å². The zero-order valence-corrected chi connectivity index (χ0v) is 40.6. The van der Waals surface area contributed by atoms with E-state index >= 15 is 9.59 Å². The highest BCUT2D eigenvalue weighted by atomic mass is 28.4. The van der Waals surface area contributed by atoms with Crippen LogP contribution in [0.2, 0.25) is 36.3 Å². The maximum absolute atomic E-state index is 15.3. The normalized spacial score (nSPS) is 35.9. The summed E-state index contributed by atoms with van der Waals surface area (Å²) in [6.45, 7) is 33.6. The van der Waals surface area contributed by atoms with E-state index in [1.54, 1.807) is 0 Å². The molecule has 2 aliphatic heterocycles. The van der Waals surface area contributed by atoms with Crippen LogP contribution in [-0.4, -0.2) is 64.7 Å². The van der Waals surface area contributed by atoms with Crippen molar-refractivity contribution in [2.75, 3.05) is 0 Å². The Morgan fingerprint density at radius 1 is 0.828 bits per heavy atom. The number of para-hydroxylation sites is 1. The number of nitrogens with zero attached hydrogens (tertiary/aromatic N) is 3. The maximum Gasteiger partial charge on any atom is 0.352 e. The molecular formula is C47H77N3O6Si2. The third-order valence-electron chi connectivity index (χ3n) is 18.0. The molecule has 2 bridgehead atoms. The molecule has 11 atom stereocenters. The van der Waals surface area contributed by atoms with Gasteiger partial charge in [-0.15, -0.1) is 0 Å². The van der Waals surface area contributed by atoms with Gasteiger partial charge in [-0.3, -0.25) is 0 Å². The van der Waals surface area contributed by atoms with E-state index in [4.69, 9.17) is 8.85 Å². The van der Waals surface area contributed by atoms with Crippen LogP contribution >= 0.6 is 0 Å². The summed E-state index contributed by atoms with van der Waals surface area (Å²) in [6.07, 6.45) is 9.49. The summed E-state index contributed by atoms with van der Waals surface area (Å²) < 4.78 is 19.1. The molecule has 0 amide bonds. The summed E-state index contributed by atoms with van der Waals surface area (Å²) in [6, 6.07) is 9.36. The highest BCUT2D eigenvalue weighted by Gasteiger charge is 2.77. The van der Waals surface area contributed by atoms with Crippen molar-refractivity contribution in [1.29, 1.82) is 0 Å². The molecule has 0 saturated heterocycles. The Morgan fingerprint density at radius 3 is 2.03 bits per heavy atom. The monoisotopic (exact) mass is 836 g/mol. The third-order valence-corrected chi connectivity index (χ3v) is 27.2. The number of benzene rings is 1. The molecule has 11 heteroatoms. The van der Waals surface area contributed by atoms with E-state index in [9.17, 15) is 10.2 Å². The van der Waals surface area contributed by atoms with Crippen LogP contribution in [0.4, 0.5) is 0 Å². The van der Waals surface area contributed by atoms with Gasteiger partial charge in [0.1, 0.15) is 0 Å². The van der Waals surface area contributed by atoms with E-state index in [0.717, 1.165) is 32.1 Å². The standard InChI is InChI=1S/C47H77N3O6Si2/c1-31(21-24-37(52)43(8,9)56-58(14,15)42(5,6)7)34-22-23-36-44(34,10)30-35(51)38-45(11)26-25-33(55-57(12,13)41(2,3)4)29-46(45)27-28-47(36,38)50-40(54)48(39(53)49(46)50)32-19-17-16-18-20-32/h16-20,27-28,31,33-38,51-52H,21-26,29-30H2,1-15H3/t31-,33+,34-,35-,36-,37-,38-,44-,45-,46-,47+/m1/s1. The molecule has 0 radical (unpaired) electrons. The number of aliphatic hydroxyl groups is 2. The van der Waals surface area contributed by atoms with E-state index in [-0.39, 0.29) is 56.6 Å². The molecule has 3 fully saturated rings. The van der Waals surface area contributed by atoms with Crippen LogP contribution in [0.1, 0.15) is 128 Å². The van der Waals surface area contributed by atoms with Crippen molar-refractivity contribution >= 4 is 16.6 Å². The molecule has 3 saturated carbocycles. The number of fused-ring (bicyclic) bond motifs is 1. The Morgan fingerprint density at radius 2 is 1.43 bits per heavy atom. The first kappa shape index (κ1) is 44.0. The number of hydrogen-bond acceptors (Lipinski definition) is 6. The topological polar surface area (TPSA) is 108 Å². The molecule has 6 aliphatic rings. The van der Waals surface area contributed by atoms with E-state index in [0.29, 0.717) is 24.9 Å². The molecule has 3 heterocycles. The minimum absolute atomic E-state index is 0.0259. The van der Waals surface area contributed by atoms with Crippen LogP contribution in [0.5, 0.6) is 0 Å². The van der Waals surface area contributed by atoms with Crippen molar-refractivity contribution in [3.8, 4) is 5.69 Å². The van der Waals surface area contributed by atoms with Gasteiger partial charge >= 0.3 is 11.4 Å². The van der Waals surface area contributed by atoms with Gasteiger partial charge in [0, 0.05) is 23.9 Å². The Balaban J connectivity index is 1.29. The third kappa shape index (κ3) is 6.15. The van der Waals surface area contributed by atoms with Crippen molar-refractivity contribution < 1.29 is 19.1 Å². The second-order valence-electron chi connectivity index (χ2n) is 23.7. The van der Waals surface area contributed by atoms with Gasteiger partial charge < -0.3 is 19.1 Å². The van der Waals surface area contributed by atoms with Gasteiger partial charge in [0.2, 0.25) is 0 Å². The summed E-state index contributed by atoms with van der Waals surface area (Å²) in [7, 11) is -4.27. The van der Waals surface area contributed by atoms with Gasteiger partial charge in [-0.05, 0) is 130 Å². The van der Waals surface area contributed by atoms with Crippen LogP contribution < -0.4 is 11.4 Å². The fourth-order valence-corrected chi connectivity index (χ4v) is 16.2. The summed E-state index contributed by atoms with van der Waals surface area (Å²) in [4.78, 5) is 30.4. The average Bonchev–Trinajstić information content (AvgIpc) is 3.59. The highest BCUT2D eigenvalue weighted by Crippen LogP contribution is 2.74. The number of aliphatic hydroxyl groups excluding tert-OH is 2. The lowest BCUT2D eigenvalue weighted by atomic mass is 9.39. The Hall–Kier alpha value is -2.03. The summed E-state index contributed by atoms with van der Waals surface area (Å²) in [5, 5.41) is 24.6. The van der Waals surface area contributed by atoms with Crippen LogP contribution in [0.3, 0.4) is 0 Å². The molecular weight excluding hydrogens is 759 g/mol. The first-order chi connectivity index (χ1) is 26.5. The fraction of sp³-hybridized carbons (Fsp3) is 0.787. The van der Waals surface area contributed by atoms with Crippen molar-refractivity contribution in [2.24, 2.45) is 34.5 Å². The average molecular weight is 836 g/mol. The van der Waals surface area contributed by atoms with Crippen LogP contribution in [0.15, 0.2) is 52.1 Å². The molecule has 8 rings (SSSR count). The van der Waals surface area contributed by atoms with Gasteiger partial charge in [0.15, 0.2) is 16.6 Å². The molecule has 324 valence electrons. The molecule has 2 spiro atoms. The smallest absolute Gasteiger partial charge is 0.352 e. The Labute approximate surface area is 350 Å². The maximum atomic E-state index is 15.3. The van der Waals surface area contributed by atoms with Crippen molar-refractivity contribution in [2.45, 2.75) is 199 Å². The van der Waals surface area contributed by atoms with Gasteiger partial charge in [-0.25, -0.2) is 23.5 Å². The second kappa shape index (κ2) is 13.7. The largest absolute Gasteiger partial charge is 0.414 e. The first-order valence-corrected chi connectivity index (χ1v) is 28.3.